The molecule has 5 nitrogen and oxygen atoms in total. The minimum atomic E-state index is 0.158. The topological polar surface area (TPSA) is 69.8 Å². The summed E-state index contributed by atoms with van der Waals surface area (Å²) in [5, 5.41) is 14.2. The van der Waals surface area contributed by atoms with Gasteiger partial charge in [0.1, 0.15) is 0 Å². The first-order chi connectivity index (χ1) is 11.1. The fourth-order valence-corrected chi connectivity index (χ4v) is 3.73. The molecule has 0 aromatic carbocycles. The Morgan fingerprint density at radius 1 is 1.13 bits per heavy atom. The molecule has 0 saturated heterocycles. The largest absolute Gasteiger partial charge is 0.352 e. The van der Waals surface area contributed by atoms with E-state index in [1.54, 1.807) is 0 Å². The van der Waals surface area contributed by atoms with Crippen LogP contribution in [0, 0.1) is 13.8 Å². The summed E-state index contributed by atoms with van der Waals surface area (Å²) in [6, 6.07) is 1.48. The number of hydrogen-bond acceptors (Lipinski definition) is 3. The van der Waals surface area contributed by atoms with Crippen molar-refractivity contribution in [2.75, 3.05) is 0 Å². The molecular formula is C18H30N4O. The second-order valence-electron chi connectivity index (χ2n) is 7.28. The molecule has 0 bridgehead atoms. The Balaban J connectivity index is 1.40. The molecule has 2 fully saturated rings. The fourth-order valence-electron chi connectivity index (χ4n) is 3.73. The molecule has 0 aliphatic heterocycles. The minimum absolute atomic E-state index is 0.158. The molecule has 3 rings (SSSR count). The molecule has 1 amide bonds. The van der Waals surface area contributed by atoms with E-state index in [4.69, 9.17) is 0 Å². The number of hydrogen-bond donors (Lipinski definition) is 3. The third-order valence-corrected chi connectivity index (χ3v) is 5.62. The van der Waals surface area contributed by atoms with Gasteiger partial charge in [0, 0.05) is 36.7 Å². The van der Waals surface area contributed by atoms with Gasteiger partial charge in [-0.05, 0) is 45.1 Å². The number of carbonyl (C=O) groups is 1. The maximum Gasteiger partial charge on any atom is 0.220 e. The Kier molecular flexibility index (Phi) is 5.36. The molecule has 0 spiro atoms. The van der Waals surface area contributed by atoms with E-state index in [0.29, 0.717) is 24.5 Å². The highest BCUT2D eigenvalue weighted by molar-refractivity contribution is 5.76. The van der Waals surface area contributed by atoms with E-state index in [9.17, 15) is 4.79 Å². The maximum atomic E-state index is 12.2. The summed E-state index contributed by atoms with van der Waals surface area (Å²) in [5.41, 5.74) is 3.29. The summed E-state index contributed by atoms with van der Waals surface area (Å²) >= 11 is 0. The molecule has 5 heteroatoms. The highest BCUT2D eigenvalue weighted by Gasteiger charge is 2.33. The Morgan fingerprint density at radius 2 is 1.87 bits per heavy atom. The summed E-state index contributed by atoms with van der Waals surface area (Å²) in [5.74, 6) is 0.158. The molecule has 0 radical (unpaired) electrons. The molecule has 3 N–H and O–H groups in total. The van der Waals surface area contributed by atoms with Gasteiger partial charge in [-0.1, -0.05) is 19.3 Å². The van der Waals surface area contributed by atoms with Gasteiger partial charge in [0.2, 0.25) is 5.91 Å². The van der Waals surface area contributed by atoms with Gasteiger partial charge in [-0.25, -0.2) is 0 Å². The van der Waals surface area contributed by atoms with Crippen LogP contribution in [0.4, 0.5) is 0 Å². The molecule has 128 valence electrons. The van der Waals surface area contributed by atoms with E-state index in [1.807, 2.05) is 6.92 Å². The van der Waals surface area contributed by atoms with Crippen molar-refractivity contribution in [3.8, 4) is 0 Å². The minimum Gasteiger partial charge on any atom is -0.352 e. The summed E-state index contributed by atoms with van der Waals surface area (Å²) in [6.45, 7) is 4.07. The van der Waals surface area contributed by atoms with Crippen molar-refractivity contribution in [1.82, 2.24) is 20.8 Å². The van der Waals surface area contributed by atoms with Crippen molar-refractivity contribution < 1.29 is 4.79 Å². The quantitative estimate of drug-likeness (QED) is 0.755. The number of rotatable bonds is 6. The van der Waals surface area contributed by atoms with Crippen molar-refractivity contribution in [1.29, 1.82) is 0 Å². The van der Waals surface area contributed by atoms with Gasteiger partial charge in [0.25, 0.3) is 0 Å². The first-order valence-electron chi connectivity index (χ1n) is 9.19. The van der Waals surface area contributed by atoms with E-state index in [1.165, 1.54) is 44.1 Å². The number of nitrogens with zero attached hydrogens (tertiary/aromatic N) is 1. The van der Waals surface area contributed by atoms with Crippen molar-refractivity contribution in [3.63, 3.8) is 0 Å². The summed E-state index contributed by atoms with van der Waals surface area (Å²) in [6.07, 6.45) is 10.2. The highest BCUT2D eigenvalue weighted by Crippen LogP contribution is 2.24. The zero-order valence-electron chi connectivity index (χ0n) is 14.5. The molecule has 2 aliphatic carbocycles. The zero-order chi connectivity index (χ0) is 16.2. The second-order valence-corrected chi connectivity index (χ2v) is 7.28. The van der Waals surface area contributed by atoms with E-state index in [0.717, 1.165) is 24.2 Å². The van der Waals surface area contributed by atoms with Gasteiger partial charge in [-0.2, -0.15) is 5.10 Å². The Morgan fingerprint density at radius 3 is 2.48 bits per heavy atom. The van der Waals surface area contributed by atoms with Crippen LogP contribution in [-0.4, -0.2) is 34.2 Å². The normalized spacial score (nSPS) is 25.1. The molecule has 23 heavy (non-hydrogen) atoms. The maximum absolute atomic E-state index is 12.2. The van der Waals surface area contributed by atoms with Gasteiger partial charge in [-0.3, -0.25) is 9.89 Å². The lowest BCUT2D eigenvalue weighted by atomic mass is 9.84. The molecule has 1 heterocycles. The molecular weight excluding hydrogens is 288 g/mol. The molecule has 1 aromatic heterocycles. The standard InChI is InChI=1S/C18H30N4O/c1-12-13(2)21-22-15(12)10-11-18(23)20-17-9-8-16(17)19-14-6-4-3-5-7-14/h14,16-17,19H,3-11H2,1-2H3,(H,20,23)(H,21,22)/t16-,17+/m1/s1. The van der Waals surface area contributed by atoms with Crippen LogP contribution in [0.25, 0.3) is 0 Å². The van der Waals surface area contributed by atoms with Crippen LogP contribution in [0.3, 0.4) is 0 Å². The zero-order valence-corrected chi connectivity index (χ0v) is 14.5. The molecule has 2 aliphatic rings. The monoisotopic (exact) mass is 318 g/mol. The lowest BCUT2D eigenvalue weighted by Gasteiger charge is -2.41. The van der Waals surface area contributed by atoms with Crippen LogP contribution in [0.5, 0.6) is 0 Å². The smallest absolute Gasteiger partial charge is 0.220 e. The van der Waals surface area contributed by atoms with E-state index >= 15 is 0 Å². The molecule has 0 unspecified atom stereocenters. The number of amides is 1. The number of carbonyl (C=O) groups excluding carboxylic acids is 1. The SMILES string of the molecule is Cc1[nH]nc(CCC(=O)N[C@H]2CC[C@H]2NC2CCCCC2)c1C. The fraction of sp³-hybridized carbons (Fsp3) is 0.778. The number of nitrogens with one attached hydrogen (secondary N) is 3. The van der Waals surface area contributed by atoms with Gasteiger partial charge in [0.15, 0.2) is 0 Å². The molecule has 2 atom stereocenters. The predicted octanol–water partition coefficient (Wildman–Crippen LogP) is 2.53. The Bertz CT molecular complexity index is 533. The summed E-state index contributed by atoms with van der Waals surface area (Å²) in [4.78, 5) is 12.2. The van der Waals surface area contributed by atoms with Gasteiger partial charge < -0.3 is 10.6 Å². The van der Waals surface area contributed by atoms with E-state index < -0.39 is 0 Å². The summed E-state index contributed by atoms with van der Waals surface area (Å²) in [7, 11) is 0. The van der Waals surface area contributed by atoms with Gasteiger partial charge in [-0.15, -0.1) is 0 Å². The van der Waals surface area contributed by atoms with Crippen LogP contribution in [-0.2, 0) is 11.2 Å². The average Bonchev–Trinajstić information content (AvgIpc) is 2.87. The first kappa shape index (κ1) is 16.5. The van der Waals surface area contributed by atoms with Crippen LogP contribution in [0.1, 0.15) is 68.3 Å². The van der Waals surface area contributed by atoms with Crippen molar-refractivity contribution in [2.24, 2.45) is 0 Å². The van der Waals surface area contributed by atoms with Crippen LogP contribution < -0.4 is 10.6 Å². The lowest BCUT2D eigenvalue weighted by molar-refractivity contribution is -0.122. The predicted molar refractivity (Wildman–Crippen MR) is 91.3 cm³/mol. The number of aromatic amines is 1. The third-order valence-electron chi connectivity index (χ3n) is 5.62. The van der Waals surface area contributed by atoms with Gasteiger partial charge in [0.05, 0.1) is 5.69 Å². The highest BCUT2D eigenvalue weighted by atomic mass is 16.1. The Labute approximate surface area is 139 Å². The number of aromatic nitrogens is 2. The number of H-pyrrole nitrogens is 1. The molecule has 1 aromatic rings. The summed E-state index contributed by atoms with van der Waals surface area (Å²) < 4.78 is 0. The van der Waals surface area contributed by atoms with Crippen molar-refractivity contribution >= 4 is 5.91 Å². The first-order valence-corrected chi connectivity index (χ1v) is 9.19. The van der Waals surface area contributed by atoms with Crippen molar-refractivity contribution in [3.05, 3.63) is 17.0 Å². The Hall–Kier alpha value is -1.36. The molecule has 2 saturated carbocycles. The lowest BCUT2D eigenvalue weighted by Crippen LogP contribution is -2.59. The van der Waals surface area contributed by atoms with E-state index in [-0.39, 0.29) is 5.91 Å². The second kappa shape index (κ2) is 7.47. The van der Waals surface area contributed by atoms with Crippen LogP contribution in [0.15, 0.2) is 0 Å². The number of aryl methyl sites for hydroxylation is 2. The third kappa shape index (κ3) is 4.14. The van der Waals surface area contributed by atoms with Gasteiger partial charge >= 0.3 is 0 Å². The van der Waals surface area contributed by atoms with Crippen molar-refractivity contribution in [2.45, 2.75) is 89.8 Å². The average molecular weight is 318 g/mol. The van der Waals surface area contributed by atoms with E-state index in [2.05, 4.69) is 27.8 Å². The van der Waals surface area contributed by atoms with Crippen LogP contribution >= 0.6 is 0 Å². The van der Waals surface area contributed by atoms with Crippen LogP contribution in [0.2, 0.25) is 0 Å².